The Labute approximate surface area is 113 Å². The average molecular weight is 284 g/mol. The molecule has 0 spiro atoms. The fourth-order valence-corrected chi connectivity index (χ4v) is 1.61. The number of hydrogen-bond acceptors (Lipinski definition) is 3. The predicted molar refractivity (Wildman–Crippen MR) is 66.2 cm³/mol. The van der Waals surface area contributed by atoms with Crippen molar-refractivity contribution in [3.63, 3.8) is 0 Å². The molecule has 0 amide bonds. The number of hydrogen-bond donors (Lipinski definition) is 1. The number of methoxy groups -OCH3 is 1. The molecule has 0 heterocycles. The molecule has 2 aromatic carbocycles. The van der Waals surface area contributed by atoms with E-state index in [1.165, 1.54) is 13.2 Å². The molecule has 0 aliphatic heterocycles. The maximum Gasteiger partial charge on any atom is 0.420 e. The van der Waals surface area contributed by atoms with E-state index in [1.807, 2.05) is 0 Å². The maximum atomic E-state index is 12.7. The van der Waals surface area contributed by atoms with Gasteiger partial charge in [-0.05, 0) is 30.3 Å². The van der Waals surface area contributed by atoms with Gasteiger partial charge in [0.05, 0.1) is 7.11 Å². The van der Waals surface area contributed by atoms with Crippen LogP contribution in [0.5, 0.6) is 23.0 Å². The number of rotatable bonds is 3. The lowest BCUT2D eigenvalue weighted by atomic mass is 10.2. The zero-order valence-electron chi connectivity index (χ0n) is 10.4. The molecule has 0 aliphatic carbocycles. The molecule has 1 N–H and O–H groups in total. The standard InChI is InChI=1S/C14H11F3O3/c1-19-9-3-2-4-10(7-9)20-11-5-6-13(18)12(8-11)14(15,16)17/h2-8,18H,1H3. The van der Waals surface area contributed by atoms with Gasteiger partial charge < -0.3 is 14.6 Å². The summed E-state index contributed by atoms with van der Waals surface area (Å²) in [5, 5.41) is 9.22. The van der Waals surface area contributed by atoms with Gasteiger partial charge in [-0.1, -0.05) is 6.07 Å². The Morgan fingerprint density at radius 2 is 1.60 bits per heavy atom. The molecule has 2 aromatic rings. The summed E-state index contributed by atoms with van der Waals surface area (Å²) in [6.45, 7) is 0. The summed E-state index contributed by atoms with van der Waals surface area (Å²) in [6, 6.07) is 9.41. The van der Waals surface area contributed by atoms with Gasteiger partial charge in [0, 0.05) is 6.07 Å². The van der Waals surface area contributed by atoms with Crippen LogP contribution in [0, 0.1) is 0 Å². The van der Waals surface area contributed by atoms with Crippen LogP contribution in [-0.4, -0.2) is 12.2 Å². The number of ether oxygens (including phenoxy) is 2. The molecule has 0 aromatic heterocycles. The molecule has 2 rings (SSSR count). The van der Waals surface area contributed by atoms with Crippen molar-refractivity contribution in [3.8, 4) is 23.0 Å². The second-order valence-electron chi connectivity index (χ2n) is 3.96. The first kappa shape index (κ1) is 14.0. The van der Waals surface area contributed by atoms with Crippen LogP contribution in [0.4, 0.5) is 13.2 Å². The Morgan fingerprint density at radius 1 is 0.950 bits per heavy atom. The fraction of sp³-hybridized carbons (Fsp3) is 0.143. The highest BCUT2D eigenvalue weighted by Crippen LogP contribution is 2.38. The Bertz CT molecular complexity index is 609. The van der Waals surface area contributed by atoms with Crippen LogP contribution < -0.4 is 9.47 Å². The van der Waals surface area contributed by atoms with E-state index in [0.29, 0.717) is 11.5 Å². The van der Waals surface area contributed by atoms with E-state index in [-0.39, 0.29) is 5.75 Å². The highest BCUT2D eigenvalue weighted by atomic mass is 19.4. The number of phenolic OH excluding ortho intramolecular Hbond substituents is 1. The predicted octanol–water partition coefficient (Wildman–Crippen LogP) is 4.21. The van der Waals surface area contributed by atoms with Crippen molar-refractivity contribution in [1.29, 1.82) is 0 Å². The highest BCUT2D eigenvalue weighted by Gasteiger charge is 2.34. The minimum absolute atomic E-state index is 0.0246. The largest absolute Gasteiger partial charge is 0.507 e. The SMILES string of the molecule is COc1cccc(Oc2ccc(O)c(C(F)(F)F)c2)c1. The second kappa shape index (κ2) is 5.32. The van der Waals surface area contributed by atoms with Crippen molar-refractivity contribution in [2.24, 2.45) is 0 Å². The summed E-state index contributed by atoms with van der Waals surface area (Å²) >= 11 is 0. The van der Waals surface area contributed by atoms with Gasteiger partial charge in [0.1, 0.15) is 28.6 Å². The number of halogens is 3. The van der Waals surface area contributed by atoms with Crippen molar-refractivity contribution >= 4 is 0 Å². The van der Waals surface area contributed by atoms with E-state index in [1.54, 1.807) is 24.3 Å². The summed E-state index contributed by atoms with van der Waals surface area (Å²) in [7, 11) is 1.47. The first-order valence-corrected chi connectivity index (χ1v) is 5.62. The maximum absolute atomic E-state index is 12.7. The van der Waals surface area contributed by atoms with Gasteiger partial charge in [-0.15, -0.1) is 0 Å². The molecule has 0 bridgehead atoms. The highest BCUT2D eigenvalue weighted by molar-refractivity contribution is 5.43. The summed E-state index contributed by atoms with van der Waals surface area (Å²) in [4.78, 5) is 0. The Balaban J connectivity index is 2.30. The summed E-state index contributed by atoms with van der Waals surface area (Å²) < 4.78 is 48.3. The zero-order chi connectivity index (χ0) is 14.8. The van der Waals surface area contributed by atoms with E-state index < -0.39 is 17.5 Å². The van der Waals surface area contributed by atoms with Crippen molar-refractivity contribution in [2.45, 2.75) is 6.18 Å². The normalized spacial score (nSPS) is 11.2. The minimum atomic E-state index is -4.64. The van der Waals surface area contributed by atoms with Crippen LogP contribution in [0.1, 0.15) is 5.56 Å². The average Bonchev–Trinajstić information content (AvgIpc) is 2.40. The smallest absolute Gasteiger partial charge is 0.420 e. The first-order chi connectivity index (χ1) is 9.40. The molecular weight excluding hydrogens is 273 g/mol. The Morgan fingerprint density at radius 3 is 2.25 bits per heavy atom. The van der Waals surface area contributed by atoms with Gasteiger partial charge in [-0.3, -0.25) is 0 Å². The summed E-state index contributed by atoms with van der Waals surface area (Å²) in [6.07, 6.45) is -4.64. The summed E-state index contributed by atoms with van der Waals surface area (Å²) in [5.74, 6) is -0.000595. The van der Waals surface area contributed by atoms with Crippen molar-refractivity contribution in [3.05, 3.63) is 48.0 Å². The molecule has 0 saturated carbocycles. The van der Waals surface area contributed by atoms with Crippen molar-refractivity contribution in [2.75, 3.05) is 7.11 Å². The monoisotopic (exact) mass is 284 g/mol. The minimum Gasteiger partial charge on any atom is -0.507 e. The van der Waals surface area contributed by atoms with Gasteiger partial charge in [-0.2, -0.15) is 13.2 Å². The molecule has 6 heteroatoms. The summed E-state index contributed by atoms with van der Waals surface area (Å²) in [5.41, 5.74) is -1.14. The fourth-order valence-electron chi connectivity index (χ4n) is 1.61. The molecule has 0 fully saturated rings. The van der Waals surface area contributed by atoms with Crippen molar-refractivity contribution < 1.29 is 27.8 Å². The number of benzene rings is 2. The van der Waals surface area contributed by atoms with E-state index in [4.69, 9.17) is 9.47 Å². The van der Waals surface area contributed by atoms with Gasteiger partial charge in [0.25, 0.3) is 0 Å². The first-order valence-electron chi connectivity index (χ1n) is 5.62. The molecule has 106 valence electrons. The molecule has 0 aliphatic rings. The van der Waals surface area contributed by atoms with Gasteiger partial charge in [-0.25, -0.2) is 0 Å². The Hall–Kier alpha value is -2.37. The van der Waals surface area contributed by atoms with Gasteiger partial charge in [0.15, 0.2) is 0 Å². The third-order valence-electron chi connectivity index (χ3n) is 2.55. The molecule has 0 radical (unpaired) electrons. The lowest BCUT2D eigenvalue weighted by Gasteiger charge is -2.12. The van der Waals surface area contributed by atoms with Crippen LogP contribution in [0.3, 0.4) is 0 Å². The number of alkyl halides is 3. The van der Waals surface area contributed by atoms with E-state index in [9.17, 15) is 18.3 Å². The third-order valence-corrected chi connectivity index (χ3v) is 2.55. The van der Waals surface area contributed by atoms with Gasteiger partial charge in [0.2, 0.25) is 0 Å². The zero-order valence-corrected chi connectivity index (χ0v) is 10.4. The third kappa shape index (κ3) is 3.14. The second-order valence-corrected chi connectivity index (χ2v) is 3.96. The quantitative estimate of drug-likeness (QED) is 0.917. The molecule has 0 unspecified atom stereocenters. The molecule has 0 saturated heterocycles. The van der Waals surface area contributed by atoms with E-state index in [0.717, 1.165) is 12.1 Å². The van der Waals surface area contributed by atoms with Crippen LogP contribution in [0.2, 0.25) is 0 Å². The molecular formula is C14H11F3O3. The van der Waals surface area contributed by atoms with Crippen LogP contribution in [-0.2, 0) is 6.18 Å². The molecule has 20 heavy (non-hydrogen) atoms. The van der Waals surface area contributed by atoms with Gasteiger partial charge >= 0.3 is 6.18 Å². The van der Waals surface area contributed by atoms with Crippen molar-refractivity contribution in [1.82, 2.24) is 0 Å². The lowest BCUT2D eigenvalue weighted by molar-refractivity contribution is -0.138. The lowest BCUT2D eigenvalue weighted by Crippen LogP contribution is -2.05. The Kier molecular flexibility index (Phi) is 3.74. The van der Waals surface area contributed by atoms with E-state index >= 15 is 0 Å². The van der Waals surface area contributed by atoms with Crippen LogP contribution in [0.25, 0.3) is 0 Å². The topological polar surface area (TPSA) is 38.7 Å². The molecule has 0 atom stereocenters. The van der Waals surface area contributed by atoms with Crippen LogP contribution >= 0.6 is 0 Å². The molecule has 3 nitrogen and oxygen atoms in total. The number of phenols is 1. The van der Waals surface area contributed by atoms with Crippen LogP contribution in [0.15, 0.2) is 42.5 Å². The number of aromatic hydroxyl groups is 1. The van der Waals surface area contributed by atoms with E-state index in [2.05, 4.69) is 0 Å².